The fourth-order valence-electron chi connectivity index (χ4n) is 1.67. The molecule has 0 amide bonds. The zero-order chi connectivity index (χ0) is 13.8. The summed E-state index contributed by atoms with van der Waals surface area (Å²) < 4.78 is 0.516. The highest BCUT2D eigenvalue weighted by Gasteiger charge is 2.12. The minimum atomic E-state index is -0.369. The predicted octanol–water partition coefficient (Wildman–Crippen LogP) is 4.96. The molecule has 2 rings (SSSR count). The highest BCUT2D eigenvalue weighted by molar-refractivity contribution is 9.10. The number of nitro groups is 1. The van der Waals surface area contributed by atoms with Crippen LogP contribution in [0, 0.1) is 17.0 Å². The maximum Gasteiger partial charge on any atom is 0.283 e. The molecule has 0 saturated heterocycles. The van der Waals surface area contributed by atoms with Crippen molar-refractivity contribution in [3.05, 3.63) is 68.2 Å². The summed E-state index contributed by atoms with van der Waals surface area (Å²) in [5, 5.41) is 10.9. The van der Waals surface area contributed by atoms with Crippen LogP contribution in [0.5, 0.6) is 0 Å². The van der Waals surface area contributed by atoms with Crippen LogP contribution in [0.15, 0.2) is 51.8 Å². The summed E-state index contributed by atoms with van der Waals surface area (Å²) in [6.07, 6.45) is 0. The first kappa shape index (κ1) is 14.1. The standard InChI is InChI=1S/C14H12BrNO2S/c1-10-4-2-3-5-14(10)19-9-11-6-7-12(15)13(8-11)16(17)18/h2-8H,9H2,1H3. The first-order valence-corrected chi connectivity index (χ1v) is 7.47. The number of hydrogen-bond acceptors (Lipinski definition) is 3. The zero-order valence-corrected chi connectivity index (χ0v) is 12.7. The summed E-state index contributed by atoms with van der Waals surface area (Å²) in [6, 6.07) is 13.4. The van der Waals surface area contributed by atoms with E-state index in [0.717, 1.165) is 11.3 Å². The van der Waals surface area contributed by atoms with Gasteiger partial charge >= 0.3 is 0 Å². The Hall–Kier alpha value is -1.33. The summed E-state index contributed by atoms with van der Waals surface area (Å²) in [7, 11) is 0. The van der Waals surface area contributed by atoms with E-state index in [-0.39, 0.29) is 10.6 Å². The molecule has 0 aliphatic carbocycles. The van der Waals surface area contributed by atoms with Gasteiger partial charge in [0.1, 0.15) is 0 Å². The van der Waals surface area contributed by atoms with Gasteiger partial charge in [0.05, 0.1) is 9.40 Å². The molecule has 2 aromatic carbocycles. The van der Waals surface area contributed by atoms with Gasteiger partial charge in [-0.3, -0.25) is 10.1 Å². The first-order valence-electron chi connectivity index (χ1n) is 5.69. The minimum absolute atomic E-state index is 0.114. The van der Waals surface area contributed by atoms with Gasteiger partial charge in [-0.2, -0.15) is 0 Å². The molecular formula is C14H12BrNO2S. The largest absolute Gasteiger partial charge is 0.283 e. The van der Waals surface area contributed by atoms with Gasteiger partial charge in [0.15, 0.2) is 0 Å². The van der Waals surface area contributed by atoms with Crippen molar-refractivity contribution in [1.29, 1.82) is 0 Å². The van der Waals surface area contributed by atoms with Crippen molar-refractivity contribution in [2.75, 3.05) is 0 Å². The minimum Gasteiger partial charge on any atom is -0.258 e. The topological polar surface area (TPSA) is 43.1 Å². The smallest absolute Gasteiger partial charge is 0.258 e. The molecule has 0 fully saturated rings. The van der Waals surface area contributed by atoms with Gasteiger partial charge in [0, 0.05) is 16.7 Å². The number of halogens is 1. The van der Waals surface area contributed by atoms with Crippen LogP contribution in [0.1, 0.15) is 11.1 Å². The van der Waals surface area contributed by atoms with E-state index in [1.165, 1.54) is 10.5 Å². The van der Waals surface area contributed by atoms with Crippen molar-refractivity contribution >= 4 is 33.4 Å². The highest BCUT2D eigenvalue weighted by atomic mass is 79.9. The van der Waals surface area contributed by atoms with E-state index >= 15 is 0 Å². The van der Waals surface area contributed by atoms with Crippen LogP contribution in [-0.4, -0.2) is 4.92 Å². The van der Waals surface area contributed by atoms with E-state index in [1.54, 1.807) is 23.9 Å². The molecule has 98 valence electrons. The lowest BCUT2D eigenvalue weighted by atomic mass is 10.2. The van der Waals surface area contributed by atoms with Crippen LogP contribution in [0.25, 0.3) is 0 Å². The van der Waals surface area contributed by atoms with Crippen LogP contribution in [0.4, 0.5) is 5.69 Å². The Morgan fingerprint density at radius 2 is 2.00 bits per heavy atom. The SMILES string of the molecule is Cc1ccccc1SCc1ccc(Br)c([N+](=O)[O-])c1. The lowest BCUT2D eigenvalue weighted by Gasteiger charge is -2.05. The second-order valence-corrected chi connectivity index (χ2v) is 5.97. The Labute approximate surface area is 124 Å². The summed E-state index contributed by atoms with van der Waals surface area (Å²) >= 11 is 4.88. The monoisotopic (exact) mass is 337 g/mol. The average Bonchev–Trinajstić information content (AvgIpc) is 2.39. The molecule has 0 N–H and O–H groups in total. The zero-order valence-electron chi connectivity index (χ0n) is 10.3. The van der Waals surface area contributed by atoms with Crippen molar-refractivity contribution in [3.8, 4) is 0 Å². The number of nitrogens with zero attached hydrogens (tertiary/aromatic N) is 1. The Morgan fingerprint density at radius 3 is 2.68 bits per heavy atom. The molecule has 0 radical (unpaired) electrons. The Kier molecular flexibility index (Phi) is 4.61. The number of rotatable bonds is 4. The van der Waals surface area contributed by atoms with Crippen LogP contribution >= 0.6 is 27.7 Å². The molecule has 5 heteroatoms. The second kappa shape index (κ2) is 6.21. The van der Waals surface area contributed by atoms with Gasteiger partial charge in [-0.15, -0.1) is 11.8 Å². The van der Waals surface area contributed by atoms with E-state index in [2.05, 4.69) is 35.0 Å². The number of thioether (sulfide) groups is 1. The fourth-order valence-corrected chi connectivity index (χ4v) is 3.03. The van der Waals surface area contributed by atoms with Crippen molar-refractivity contribution in [1.82, 2.24) is 0 Å². The molecule has 3 nitrogen and oxygen atoms in total. The van der Waals surface area contributed by atoms with Gasteiger partial charge in [0.25, 0.3) is 5.69 Å². The van der Waals surface area contributed by atoms with Gasteiger partial charge in [-0.05, 0) is 46.1 Å². The Balaban J connectivity index is 2.14. The van der Waals surface area contributed by atoms with Gasteiger partial charge in [0.2, 0.25) is 0 Å². The fraction of sp³-hybridized carbons (Fsp3) is 0.143. The molecule has 0 heterocycles. The molecule has 19 heavy (non-hydrogen) atoms. The number of aryl methyl sites for hydroxylation is 1. The predicted molar refractivity (Wildman–Crippen MR) is 81.5 cm³/mol. The summed E-state index contributed by atoms with van der Waals surface area (Å²) in [4.78, 5) is 11.7. The van der Waals surface area contributed by atoms with Crippen LogP contribution in [-0.2, 0) is 5.75 Å². The van der Waals surface area contributed by atoms with Crippen molar-refractivity contribution in [2.24, 2.45) is 0 Å². The molecule has 0 bridgehead atoms. The van der Waals surface area contributed by atoms with Crippen molar-refractivity contribution in [2.45, 2.75) is 17.6 Å². The van der Waals surface area contributed by atoms with E-state index in [9.17, 15) is 10.1 Å². The molecule has 0 spiro atoms. The van der Waals surface area contributed by atoms with E-state index in [0.29, 0.717) is 4.47 Å². The number of nitro benzene ring substituents is 1. The van der Waals surface area contributed by atoms with Crippen LogP contribution in [0.2, 0.25) is 0 Å². The van der Waals surface area contributed by atoms with Crippen molar-refractivity contribution in [3.63, 3.8) is 0 Å². The third kappa shape index (κ3) is 3.58. The third-order valence-corrected chi connectivity index (χ3v) is 4.61. The van der Waals surface area contributed by atoms with Crippen LogP contribution < -0.4 is 0 Å². The first-order chi connectivity index (χ1) is 9.08. The lowest BCUT2D eigenvalue weighted by molar-refractivity contribution is -0.385. The Morgan fingerprint density at radius 1 is 1.26 bits per heavy atom. The summed E-state index contributed by atoms with van der Waals surface area (Å²) in [5.41, 5.74) is 2.28. The quantitative estimate of drug-likeness (QED) is 0.450. The van der Waals surface area contributed by atoms with E-state index in [4.69, 9.17) is 0 Å². The Bertz CT molecular complexity index is 616. The van der Waals surface area contributed by atoms with Gasteiger partial charge < -0.3 is 0 Å². The molecule has 0 saturated carbocycles. The molecule has 0 aliphatic rings. The number of hydrogen-bond donors (Lipinski definition) is 0. The maximum atomic E-state index is 10.9. The normalized spacial score (nSPS) is 10.4. The lowest BCUT2D eigenvalue weighted by Crippen LogP contribution is -1.91. The van der Waals surface area contributed by atoms with Crippen LogP contribution in [0.3, 0.4) is 0 Å². The molecule has 2 aromatic rings. The van der Waals surface area contributed by atoms with Crippen molar-refractivity contribution < 1.29 is 4.92 Å². The molecule has 0 aliphatic heterocycles. The molecule has 0 aromatic heterocycles. The molecular weight excluding hydrogens is 326 g/mol. The second-order valence-electron chi connectivity index (χ2n) is 4.10. The van der Waals surface area contributed by atoms with Gasteiger partial charge in [-0.25, -0.2) is 0 Å². The summed E-state index contributed by atoms with van der Waals surface area (Å²) in [6.45, 7) is 2.06. The molecule has 0 unspecified atom stereocenters. The van der Waals surface area contributed by atoms with Gasteiger partial charge in [-0.1, -0.05) is 24.3 Å². The van der Waals surface area contributed by atoms with E-state index in [1.807, 2.05) is 18.2 Å². The third-order valence-electron chi connectivity index (χ3n) is 2.70. The summed E-state index contributed by atoms with van der Waals surface area (Å²) in [5.74, 6) is 0.721. The average molecular weight is 338 g/mol. The highest BCUT2D eigenvalue weighted by Crippen LogP contribution is 2.30. The maximum absolute atomic E-state index is 10.9. The van der Waals surface area contributed by atoms with E-state index < -0.39 is 0 Å². The number of benzene rings is 2. The molecule has 0 atom stereocenters.